The minimum atomic E-state index is -4.36. The zero-order chi connectivity index (χ0) is 12.2. The molecule has 0 radical (unpaired) electrons. The Morgan fingerprint density at radius 3 is 2.31 bits per heavy atom. The molecule has 1 rings (SSSR count). The van der Waals surface area contributed by atoms with Crippen LogP contribution in [0.15, 0.2) is 30.3 Å². The first-order valence-corrected chi connectivity index (χ1v) is 6.78. The average Bonchev–Trinajstić information content (AvgIpc) is 2.25. The molecule has 5 heteroatoms. The fourth-order valence-corrected chi connectivity index (χ4v) is 2.13. The maximum absolute atomic E-state index is 11.5. The first-order valence-electron chi connectivity index (χ1n) is 5.17. The van der Waals surface area contributed by atoms with Gasteiger partial charge in [0.2, 0.25) is 0 Å². The number of ether oxygens (including phenoxy) is 1. The Bertz CT molecular complexity index is 373. The molecule has 90 valence electrons. The average molecular weight is 244 g/mol. The fourth-order valence-electron chi connectivity index (χ4n) is 1.38. The SMILES string of the molecule is CCCOC(C)(c1ccccc1)P(=O)(O)O. The molecule has 0 aliphatic heterocycles. The lowest BCUT2D eigenvalue weighted by Crippen LogP contribution is -2.26. The number of hydrogen-bond acceptors (Lipinski definition) is 2. The normalized spacial score (nSPS) is 15.8. The summed E-state index contributed by atoms with van der Waals surface area (Å²) < 4.78 is 16.9. The van der Waals surface area contributed by atoms with Crippen LogP contribution in [0.5, 0.6) is 0 Å². The number of benzene rings is 1. The maximum atomic E-state index is 11.5. The van der Waals surface area contributed by atoms with Crippen LogP contribution in [0, 0.1) is 0 Å². The molecular formula is C11H17O4P. The monoisotopic (exact) mass is 244 g/mol. The minimum absolute atomic E-state index is 0.316. The van der Waals surface area contributed by atoms with E-state index in [0.717, 1.165) is 0 Å². The third-order valence-electron chi connectivity index (χ3n) is 2.45. The van der Waals surface area contributed by atoms with Gasteiger partial charge in [0.05, 0.1) is 0 Å². The molecule has 0 aliphatic carbocycles. The van der Waals surface area contributed by atoms with Crippen LogP contribution in [-0.2, 0) is 14.6 Å². The van der Waals surface area contributed by atoms with Crippen LogP contribution in [0.1, 0.15) is 25.8 Å². The molecule has 2 N–H and O–H groups in total. The summed E-state index contributed by atoms with van der Waals surface area (Å²) in [5.41, 5.74) is 0.497. The maximum Gasteiger partial charge on any atom is 0.361 e. The Morgan fingerprint density at radius 2 is 1.88 bits per heavy atom. The van der Waals surface area contributed by atoms with Gasteiger partial charge in [-0.2, -0.15) is 0 Å². The smallest absolute Gasteiger partial charge is 0.358 e. The van der Waals surface area contributed by atoms with Gasteiger partial charge in [-0.25, -0.2) is 0 Å². The molecule has 0 saturated carbocycles. The van der Waals surface area contributed by atoms with E-state index < -0.39 is 12.9 Å². The van der Waals surface area contributed by atoms with Crippen molar-refractivity contribution < 1.29 is 19.1 Å². The molecule has 0 heterocycles. The Labute approximate surface area is 95.4 Å². The van der Waals surface area contributed by atoms with Crippen molar-refractivity contribution in [3.63, 3.8) is 0 Å². The van der Waals surface area contributed by atoms with Crippen molar-refractivity contribution in [1.29, 1.82) is 0 Å². The zero-order valence-corrected chi connectivity index (χ0v) is 10.4. The van der Waals surface area contributed by atoms with Crippen LogP contribution < -0.4 is 0 Å². The third kappa shape index (κ3) is 2.71. The van der Waals surface area contributed by atoms with Crippen molar-refractivity contribution in [2.75, 3.05) is 6.61 Å². The highest BCUT2D eigenvalue weighted by Crippen LogP contribution is 2.57. The molecule has 0 amide bonds. The van der Waals surface area contributed by atoms with Crippen LogP contribution in [0.4, 0.5) is 0 Å². The van der Waals surface area contributed by atoms with Crippen LogP contribution in [0.3, 0.4) is 0 Å². The summed E-state index contributed by atoms with van der Waals surface area (Å²) in [7, 11) is -4.36. The molecule has 0 aromatic heterocycles. The molecule has 1 unspecified atom stereocenters. The third-order valence-corrected chi connectivity index (χ3v) is 3.95. The van der Waals surface area contributed by atoms with Crippen molar-refractivity contribution >= 4 is 7.60 Å². The predicted molar refractivity (Wildman–Crippen MR) is 62.1 cm³/mol. The summed E-state index contributed by atoms with van der Waals surface area (Å²) in [6.07, 6.45) is 0.711. The Hall–Kier alpha value is -0.670. The van der Waals surface area contributed by atoms with Gasteiger partial charge in [-0.15, -0.1) is 0 Å². The van der Waals surface area contributed by atoms with Crippen molar-refractivity contribution in [1.82, 2.24) is 0 Å². The lowest BCUT2D eigenvalue weighted by Gasteiger charge is -2.30. The summed E-state index contributed by atoms with van der Waals surface area (Å²) in [6.45, 7) is 3.64. The van der Waals surface area contributed by atoms with Crippen molar-refractivity contribution in [2.45, 2.75) is 25.6 Å². The first-order chi connectivity index (χ1) is 7.42. The van der Waals surface area contributed by atoms with Crippen LogP contribution in [0.25, 0.3) is 0 Å². The molecule has 0 fully saturated rings. The van der Waals surface area contributed by atoms with Crippen molar-refractivity contribution in [2.24, 2.45) is 0 Å². The van der Waals surface area contributed by atoms with Crippen molar-refractivity contribution in [3.8, 4) is 0 Å². The molecule has 1 atom stereocenters. The summed E-state index contributed by atoms with van der Waals surface area (Å²) in [5.74, 6) is 0. The highest BCUT2D eigenvalue weighted by Gasteiger charge is 2.45. The van der Waals surface area contributed by atoms with E-state index in [1.165, 1.54) is 6.92 Å². The minimum Gasteiger partial charge on any atom is -0.358 e. The second kappa shape index (κ2) is 5.11. The fraction of sp³-hybridized carbons (Fsp3) is 0.455. The van der Waals surface area contributed by atoms with E-state index in [1.807, 2.05) is 6.92 Å². The molecule has 1 aromatic carbocycles. The standard InChI is InChI=1S/C11H17O4P/c1-3-9-15-11(2,16(12,13)14)10-7-5-4-6-8-10/h4-8H,3,9H2,1-2H3,(H2,12,13,14). The lowest BCUT2D eigenvalue weighted by molar-refractivity contribution is 0.00897. The van der Waals surface area contributed by atoms with E-state index in [9.17, 15) is 14.4 Å². The van der Waals surface area contributed by atoms with Gasteiger partial charge in [-0.1, -0.05) is 37.3 Å². The van der Waals surface area contributed by atoms with Crippen LogP contribution >= 0.6 is 7.60 Å². The highest BCUT2D eigenvalue weighted by atomic mass is 31.2. The lowest BCUT2D eigenvalue weighted by atomic mass is 10.1. The van der Waals surface area contributed by atoms with Gasteiger partial charge >= 0.3 is 7.60 Å². The van der Waals surface area contributed by atoms with Crippen molar-refractivity contribution in [3.05, 3.63) is 35.9 Å². The molecule has 0 aliphatic rings. The quantitative estimate of drug-likeness (QED) is 0.781. The number of rotatable bonds is 5. The molecule has 0 saturated heterocycles. The van der Waals surface area contributed by atoms with Gasteiger partial charge in [-0.05, 0) is 18.9 Å². The van der Waals surface area contributed by atoms with Gasteiger partial charge in [0.25, 0.3) is 0 Å². The van der Waals surface area contributed by atoms with E-state index in [0.29, 0.717) is 18.6 Å². The van der Waals surface area contributed by atoms with Gasteiger partial charge in [0.15, 0.2) is 5.34 Å². The van der Waals surface area contributed by atoms with E-state index in [2.05, 4.69) is 0 Å². The van der Waals surface area contributed by atoms with Crippen LogP contribution in [0.2, 0.25) is 0 Å². The van der Waals surface area contributed by atoms with Crippen LogP contribution in [-0.4, -0.2) is 16.4 Å². The zero-order valence-electron chi connectivity index (χ0n) is 9.46. The Balaban J connectivity index is 3.10. The van der Waals surface area contributed by atoms with E-state index >= 15 is 0 Å². The summed E-state index contributed by atoms with van der Waals surface area (Å²) in [4.78, 5) is 18.8. The topological polar surface area (TPSA) is 66.8 Å². The largest absolute Gasteiger partial charge is 0.361 e. The Kier molecular flexibility index (Phi) is 4.28. The molecule has 4 nitrogen and oxygen atoms in total. The predicted octanol–water partition coefficient (Wildman–Crippen LogP) is 2.46. The molecule has 0 spiro atoms. The van der Waals surface area contributed by atoms with E-state index in [4.69, 9.17) is 4.74 Å². The van der Waals surface area contributed by atoms with E-state index in [1.54, 1.807) is 30.3 Å². The van der Waals surface area contributed by atoms with Gasteiger partial charge < -0.3 is 14.5 Å². The van der Waals surface area contributed by atoms with Gasteiger partial charge in [-0.3, -0.25) is 4.57 Å². The van der Waals surface area contributed by atoms with Gasteiger partial charge in [0.1, 0.15) is 0 Å². The summed E-state index contributed by atoms with van der Waals surface area (Å²) >= 11 is 0. The summed E-state index contributed by atoms with van der Waals surface area (Å²) in [5, 5.41) is -1.55. The first kappa shape index (κ1) is 13.4. The molecule has 16 heavy (non-hydrogen) atoms. The second-order valence-electron chi connectivity index (χ2n) is 3.74. The summed E-state index contributed by atoms with van der Waals surface area (Å²) in [6, 6.07) is 8.59. The molecule has 1 aromatic rings. The second-order valence-corrected chi connectivity index (χ2v) is 5.68. The van der Waals surface area contributed by atoms with E-state index in [-0.39, 0.29) is 0 Å². The number of hydrogen-bond donors (Lipinski definition) is 2. The van der Waals surface area contributed by atoms with Gasteiger partial charge in [0, 0.05) is 6.61 Å². The molecular weight excluding hydrogens is 227 g/mol. The molecule has 0 bridgehead atoms. The highest BCUT2D eigenvalue weighted by molar-refractivity contribution is 7.52. The Morgan fingerprint density at radius 1 is 1.31 bits per heavy atom.